The monoisotopic (exact) mass is 347 g/mol. The van der Waals surface area contributed by atoms with Gasteiger partial charge >= 0.3 is 0 Å². The zero-order valence-electron chi connectivity index (χ0n) is 13.5. The summed E-state index contributed by atoms with van der Waals surface area (Å²) in [5.74, 6) is 0.844. The first-order valence-corrected chi connectivity index (χ1v) is 8.98. The molecule has 0 atom stereocenters. The third-order valence-electron chi connectivity index (χ3n) is 3.34. The van der Waals surface area contributed by atoms with Crippen molar-refractivity contribution in [2.24, 2.45) is 0 Å². The number of aromatic nitrogens is 5. The first-order valence-electron chi connectivity index (χ1n) is 7.09. The van der Waals surface area contributed by atoms with Crippen LogP contribution in [0.25, 0.3) is 11.0 Å². The van der Waals surface area contributed by atoms with Gasteiger partial charge in [-0.15, -0.1) is 0 Å². The van der Waals surface area contributed by atoms with Crippen molar-refractivity contribution in [3.63, 3.8) is 0 Å². The first kappa shape index (κ1) is 16.1. The maximum atomic E-state index is 12.1. The van der Waals surface area contributed by atoms with E-state index in [0.717, 1.165) is 6.26 Å². The van der Waals surface area contributed by atoms with Gasteiger partial charge in [0.25, 0.3) is 0 Å². The summed E-state index contributed by atoms with van der Waals surface area (Å²) < 4.78 is 25.7. The van der Waals surface area contributed by atoms with E-state index < -0.39 is 9.84 Å². The molecule has 1 aromatic carbocycles. The Labute approximate surface area is 139 Å². The number of hydrogen-bond acceptors (Lipinski definition) is 8. The van der Waals surface area contributed by atoms with Crippen molar-refractivity contribution in [1.29, 1.82) is 0 Å². The molecule has 2 heterocycles. The van der Waals surface area contributed by atoms with Crippen molar-refractivity contribution >= 4 is 32.8 Å². The number of sulfone groups is 1. The zero-order chi connectivity index (χ0) is 17.5. The number of para-hydroxylation sites is 2. The summed E-state index contributed by atoms with van der Waals surface area (Å²) >= 11 is 0. The summed E-state index contributed by atoms with van der Waals surface area (Å²) in [6.45, 7) is 0.122. The van der Waals surface area contributed by atoms with Gasteiger partial charge in [0, 0.05) is 20.4 Å². The number of fused-ring (bicyclic) bond motifs is 1. The Bertz CT molecular complexity index is 1010. The smallest absolute Gasteiger partial charge is 0.229 e. The molecule has 0 aliphatic rings. The molecule has 0 saturated heterocycles. The van der Waals surface area contributed by atoms with Crippen molar-refractivity contribution in [3.8, 4) is 0 Å². The summed E-state index contributed by atoms with van der Waals surface area (Å²) in [5.41, 5.74) is 7.00. The lowest BCUT2D eigenvalue weighted by molar-refractivity contribution is 0.578. The number of anilines is 2. The molecule has 0 spiro atoms. The fraction of sp³-hybridized carbons (Fsp3) is 0.286. The van der Waals surface area contributed by atoms with Crippen LogP contribution in [-0.4, -0.2) is 53.3 Å². The minimum Gasteiger partial charge on any atom is -0.368 e. The quantitative estimate of drug-likeness (QED) is 0.716. The van der Waals surface area contributed by atoms with Gasteiger partial charge < -0.3 is 15.2 Å². The van der Waals surface area contributed by atoms with Crippen molar-refractivity contribution in [3.05, 3.63) is 30.1 Å². The molecular formula is C14H17N7O2S. The summed E-state index contributed by atoms with van der Waals surface area (Å²) in [4.78, 5) is 18.4. The fourth-order valence-electron chi connectivity index (χ4n) is 2.33. The Morgan fingerprint density at radius 3 is 2.50 bits per heavy atom. The Morgan fingerprint density at radius 1 is 1.12 bits per heavy atom. The molecule has 2 aromatic heterocycles. The van der Waals surface area contributed by atoms with Gasteiger partial charge in [0.1, 0.15) is 0 Å². The van der Waals surface area contributed by atoms with Crippen LogP contribution in [0.1, 0.15) is 5.82 Å². The van der Waals surface area contributed by atoms with E-state index in [1.54, 1.807) is 41.8 Å². The molecule has 0 bridgehead atoms. The minimum atomic E-state index is -3.51. The molecule has 0 radical (unpaired) electrons. The SMILES string of the molecule is CN(C)c1nc(N)nc(Cn2c(S(C)(=O)=O)nc3ccccc32)n1. The van der Waals surface area contributed by atoms with Crippen LogP contribution in [-0.2, 0) is 16.4 Å². The molecule has 0 unspecified atom stereocenters. The molecule has 2 N–H and O–H groups in total. The van der Waals surface area contributed by atoms with Gasteiger partial charge in [-0.25, -0.2) is 13.4 Å². The molecule has 0 aliphatic heterocycles. The van der Waals surface area contributed by atoms with E-state index in [2.05, 4.69) is 19.9 Å². The van der Waals surface area contributed by atoms with Gasteiger partial charge in [-0.3, -0.25) is 0 Å². The Hall–Kier alpha value is -2.75. The second kappa shape index (κ2) is 5.71. The summed E-state index contributed by atoms with van der Waals surface area (Å²) in [6, 6.07) is 7.18. The molecule has 3 rings (SSSR count). The molecule has 126 valence electrons. The predicted molar refractivity (Wildman–Crippen MR) is 90.5 cm³/mol. The van der Waals surface area contributed by atoms with Gasteiger partial charge in [-0.05, 0) is 12.1 Å². The molecule has 0 aliphatic carbocycles. The number of nitrogens with zero attached hydrogens (tertiary/aromatic N) is 6. The molecular weight excluding hydrogens is 330 g/mol. The van der Waals surface area contributed by atoms with Gasteiger partial charge in [-0.1, -0.05) is 12.1 Å². The standard InChI is InChI=1S/C14H17N7O2S/c1-20(2)13-18-11(17-12(15)19-13)8-21-10-7-5-4-6-9(10)16-14(21)24(3,22)23/h4-7H,8H2,1-3H3,(H2,15,17,18,19). The third kappa shape index (κ3) is 3.00. The van der Waals surface area contributed by atoms with Crippen molar-refractivity contribution in [2.45, 2.75) is 11.7 Å². The highest BCUT2D eigenvalue weighted by Crippen LogP contribution is 2.20. The van der Waals surface area contributed by atoms with E-state index in [1.165, 1.54) is 0 Å². The van der Waals surface area contributed by atoms with E-state index in [1.807, 2.05) is 6.07 Å². The van der Waals surface area contributed by atoms with Gasteiger partial charge in [0.05, 0.1) is 17.6 Å². The maximum absolute atomic E-state index is 12.1. The van der Waals surface area contributed by atoms with Crippen LogP contribution < -0.4 is 10.6 Å². The molecule has 0 amide bonds. The van der Waals surface area contributed by atoms with E-state index in [0.29, 0.717) is 22.8 Å². The zero-order valence-corrected chi connectivity index (χ0v) is 14.3. The average Bonchev–Trinajstić information content (AvgIpc) is 2.86. The van der Waals surface area contributed by atoms with Crippen LogP contribution in [0.3, 0.4) is 0 Å². The van der Waals surface area contributed by atoms with Crippen LogP contribution in [0, 0.1) is 0 Å². The Balaban J connectivity index is 2.17. The molecule has 10 heteroatoms. The van der Waals surface area contributed by atoms with Crippen LogP contribution in [0.5, 0.6) is 0 Å². The lowest BCUT2D eigenvalue weighted by atomic mass is 10.3. The number of hydrogen-bond donors (Lipinski definition) is 1. The number of imidazole rings is 1. The van der Waals surface area contributed by atoms with E-state index >= 15 is 0 Å². The van der Waals surface area contributed by atoms with E-state index in [9.17, 15) is 8.42 Å². The summed E-state index contributed by atoms with van der Waals surface area (Å²) in [6.07, 6.45) is 1.12. The van der Waals surface area contributed by atoms with Crippen LogP contribution >= 0.6 is 0 Å². The molecule has 0 saturated carbocycles. The summed E-state index contributed by atoms with van der Waals surface area (Å²) in [7, 11) is 0.0566. The fourth-order valence-corrected chi connectivity index (χ4v) is 3.15. The normalized spacial score (nSPS) is 11.8. The summed E-state index contributed by atoms with van der Waals surface area (Å²) in [5, 5.41) is -0.0333. The Kier molecular flexibility index (Phi) is 3.84. The van der Waals surface area contributed by atoms with Gasteiger partial charge in [-0.2, -0.15) is 15.0 Å². The second-order valence-electron chi connectivity index (χ2n) is 5.55. The van der Waals surface area contributed by atoms with Gasteiger partial charge in [0.15, 0.2) is 5.82 Å². The lowest BCUT2D eigenvalue weighted by Crippen LogP contribution is -2.18. The first-order chi connectivity index (χ1) is 11.3. The van der Waals surface area contributed by atoms with Crippen LogP contribution in [0.15, 0.2) is 29.4 Å². The highest BCUT2D eigenvalue weighted by atomic mass is 32.2. The molecule has 24 heavy (non-hydrogen) atoms. The Morgan fingerprint density at radius 2 is 1.83 bits per heavy atom. The van der Waals surface area contributed by atoms with Crippen LogP contribution in [0.4, 0.5) is 11.9 Å². The lowest BCUT2D eigenvalue weighted by Gasteiger charge is -2.12. The highest BCUT2D eigenvalue weighted by molar-refractivity contribution is 7.90. The molecule has 0 fully saturated rings. The van der Waals surface area contributed by atoms with Crippen molar-refractivity contribution < 1.29 is 8.42 Å². The topological polar surface area (TPSA) is 120 Å². The van der Waals surface area contributed by atoms with E-state index in [-0.39, 0.29) is 17.6 Å². The average molecular weight is 347 g/mol. The third-order valence-corrected chi connectivity index (χ3v) is 4.31. The second-order valence-corrected chi connectivity index (χ2v) is 7.46. The maximum Gasteiger partial charge on any atom is 0.229 e. The minimum absolute atomic E-state index is 0.0333. The number of nitrogen functional groups attached to an aromatic ring is 1. The van der Waals surface area contributed by atoms with Gasteiger partial charge in [0.2, 0.25) is 26.9 Å². The number of benzene rings is 1. The molecule has 9 nitrogen and oxygen atoms in total. The van der Waals surface area contributed by atoms with Crippen molar-refractivity contribution in [2.75, 3.05) is 31.0 Å². The largest absolute Gasteiger partial charge is 0.368 e. The highest BCUT2D eigenvalue weighted by Gasteiger charge is 2.20. The number of rotatable bonds is 4. The number of nitrogens with two attached hydrogens (primary N) is 1. The van der Waals surface area contributed by atoms with Crippen LogP contribution in [0.2, 0.25) is 0 Å². The van der Waals surface area contributed by atoms with Crippen molar-refractivity contribution in [1.82, 2.24) is 24.5 Å². The predicted octanol–water partition coefficient (Wildman–Crippen LogP) is 0.321. The van der Waals surface area contributed by atoms with E-state index in [4.69, 9.17) is 5.73 Å². The molecule has 3 aromatic rings.